The Labute approximate surface area is 142 Å². The molecule has 1 heterocycles. The molecule has 1 aromatic heterocycles. The number of aromatic nitrogens is 2. The van der Waals surface area contributed by atoms with Crippen molar-refractivity contribution in [3.8, 4) is 0 Å². The molecule has 0 saturated heterocycles. The molecule has 0 fully saturated rings. The van der Waals surface area contributed by atoms with Gasteiger partial charge in [-0.2, -0.15) is 0 Å². The maximum absolute atomic E-state index is 12.4. The Bertz CT molecular complexity index is 664. The Balaban J connectivity index is 3.06. The average molecular weight is 334 g/mol. The van der Waals surface area contributed by atoms with Crippen LogP contribution in [0.2, 0.25) is 0 Å². The summed E-state index contributed by atoms with van der Waals surface area (Å²) in [6, 6.07) is -0.468. The van der Waals surface area contributed by atoms with E-state index in [9.17, 15) is 9.59 Å². The summed E-state index contributed by atoms with van der Waals surface area (Å²) in [5.41, 5.74) is 0.264. The summed E-state index contributed by atoms with van der Waals surface area (Å²) in [5, 5.41) is 0. The highest BCUT2D eigenvalue weighted by atomic mass is 16.5. The van der Waals surface area contributed by atoms with E-state index >= 15 is 0 Å². The molecule has 1 rings (SSSR count). The van der Waals surface area contributed by atoms with E-state index in [1.165, 1.54) is 18.0 Å². The zero-order valence-corrected chi connectivity index (χ0v) is 15.0. The van der Waals surface area contributed by atoms with Crippen LogP contribution >= 0.6 is 0 Å². The molecule has 0 spiro atoms. The van der Waals surface area contributed by atoms with Crippen molar-refractivity contribution >= 4 is 24.2 Å². The van der Waals surface area contributed by atoms with Crippen LogP contribution in [-0.4, -0.2) is 41.1 Å². The number of ether oxygens (including phenoxy) is 1. The molecule has 132 valence electrons. The van der Waals surface area contributed by atoms with Gasteiger partial charge < -0.3 is 9.53 Å². The van der Waals surface area contributed by atoms with Gasteiger partial charge in [-0.3, -0.25) is 9.36 Å². The van der Waals surface area contributed by atoms with Crippen molar-refractivity contribution in [3.63, 3.8) is 0 Å². The summed E-state index contributed by atoms with van der Waals surface area (Å²) in [7, 11) is 1.46. The Kier molecular flexibility index (Phi) is 8.01. The average Bonchev–Trinajstić information content (AvgIpc) is 2.61. The summed E-state index contributed by atoms with van der Waals surface area (Å²) in [6.07, 6.45) is 5.54. The molecule has 1 aromatic rings. The molecule has 0 amide bonds. The van der Waals surface area contributed by atoms with E-state index < -0.39 is 6.04 Å². The first-order valence-corrected chi connectivity index (χ1v) is 8.12. The van der Waals surface area contributed by atoms with Gasteiger partial charge in [0.15, 0.2) is 5.82 Å². The van der Waals surface area contributed by atoms with Gasteiger partial charge in [0, 0.05) is 6.21 Å². The number of methoxy groups -OCH3 is 1. The van der Waals surface area contributed by atoms with Crippen LogP contribution in [0.3, 0.4) is 0 Å². The molecular weight excluding hydrogens is 308 g/mol. The normalized spacial score (nSPS) is 14.6. The van der Waals surface area contributed by atoms with Crippen molar-refractivity contribution in [3.05, 3.63) is 22.2 Å². The minimum Gasteiger partial charge on any atom is -0.483 e. The van der Waals surface area contributed by atoms with Crippen LogP contribution in [0.5, 0.6) is 0 Å². The minimum absolute atomic E-state index is 0.128. The van der Waals surface area contributed by atoms with Crippen molar-refractivity contribution in [1.82, 2.24) is 9.55 Å². The highest BCUT2D eigenvalue weighted by Gasteiger charge is 2.11. The Morgan fingerprint density at radius 1 is 1.42 bits per heavy atom. The van der Waals surface area contributed by atoms with Crippen molar-refractivity contribution in [2.45, 2.75) is 53.1 Å². The third-order valence-corrected chi connectivity index (χ3v) is 3.76. The number of rotatable bonds is 8. The lowest BCUT2D eigenvalue weighted by Crippen LogP contribution is -2.27. The standard InChI is InChI=1S/C17H26N4O3/c1-6-12(3)8-18-16-13(4)17(23)21(11-19-16)9-15(24-5)20-14(7-2)10-22/h8,10-12,14H,6-7,9H2,1-5H3/b18-8-,20-15-/t12-,14+/m0/s1. The lowest BCUT2D eigenvalue weighted by atomic mass is 10.1. The number of aliphatic imine (C=N–C) groups is 2. The van der Waals surface area contributed by atoms with Crippen LogP contribution < -0.4 is 5.56 Å². The Hall–Kier alpha value is -2.31. The zero-order valence-electron chi connectivity index (χ0n) is 15.0. The molecule has 0 bridgehead atoms. The van der Waals surface area contributed by atoms with Gasteiger partial charge in [-0.15, -0.1) is 0 Å². The maximum atomic E-state index is 12.4. The van der Waals surface area contributed by atoms with Gasteiger partial charge in [0.2, 0.25) is 5.90 Å². The van der Waals surface area contributed by atoms with Crippen LogP contribution in [0, 0.1) is 12.8 Å². The second kappa shape index (κ2) is 9.75. The molecule has 7 heteroatoms. The quantitative estimate of drug-likeness (QED) is 0.415. The second-order valence-corrected chi connectivity index (χ2v) is 5.63. The number of carbonyl (C=O) groups excluding carboxylic acids is 1. The molecule has 0 aliphatic carbocycles. The topological polar surface area (TPSA) is 85.9 Å². The van der Waals surface area contributed by atoms with Crippen molar-refractivity contribution in [2.24, 2.45) is 15.9 Å². The molecule has 2 atom stereocenters. The first-order chi connectivity index (χ1) is 11.5. The molecule has 0 N–H and O–H groups in total. The van der Waals surface area contributed by atoms with E-state index in [4.69, 9.17) is 4.74 Å². The van der Waals surface area contributed by atoms with Crippen LogP contribution in [-0.2, 0) is 16.1 Å². The van der Waals surface area contributed by atoms with Gasteiger partial charge >= 0.3 is 0 Å². The SMILES string of the molecule is CC[C@H](C)/C=N\c1ncn(C/C(=N/[C@@H](C=O)CC)OC)c(=O)c1C. The fraction of sp³-hybridized carbons (Fsp3) is 0.588. The van der Waals surface area contributed by atoms with Gasteiger partial charge in [0.25, 0.3) is 5.56 Å². The largest absolute Gasteiger partial charge is 0.483 e. The van der Waals surface area contributed by atoms with Crippen LogP contribution in [0.4, 0.5) is 5.82 Å². The summed E-state index contributed by atoms with van der Waals surface area (Å²) < 4.78 is 6.58. The Morgan fingerprint density at radius 2 is 2.12 bits per heavy atom. The molecular formula is C17H26N4O3. The Morgan fingerprint density at radius 3 is 2.67 bits per heavy atom. The number of carbonyl (C=O) groups is 1. The zero-order chi connectivity index (χ0) is 18.1. The van der Waals surface area contributed by atoms with Crippen LogP contribution in [0.1, 0.15) is 39.2 Å². The molecule has 0 aromatic carbocycles. The lowest BCUT2D eigenvalue weighted by molar-refractivity contribution is -0.108. The van der Waals surface area contributed by atoms with Crippen molar-refractivity contribution in [1.29, 1.82) is 0 Å². The smallest absolute Gasteiger partial charge is 0.258 e. The highest BCUT2D eigenvalue weighted by Crippen LogP contribution is 2.10. The van der Waals surface area contributed by atoms with E-state index in [0.29, 0.717) is 29.6 Å². The fourth-order valence-electron chi connectivity index (χ4n) is 1.84. The van der Waals surface area contributed by atoms with Crippen molar-refractivity contribution in [2.75, 3.05) is 7.11 Å². The summed E-state index contributed by atoms with van der Waals surface area (Å²) in [5.74, 6) is 1.06. The molecule has 24 heavy (non-hydrogen) atoms. The summed E-state index contributed by atoms with van der Waals surface area (Å²) >= 11 is 0. The molecule has 0 aliphatic heterocycles. The lowest BCUT2D eigenvalue weighted by Gasteiger charge is -2.11. The van der Waals surface area contributed by atoms with Gasteiger partial charge in [0.05, 0.1) is 12.7 Å². The van der Waals surface area contributed by atoms with E-state index in [2.05, 4.69) is 28.8 Å². The van der Waals surface area contributed by atoms with Gasteiger partial charge in [-0.1, -0.05) is 20.8 Å². The highest BCUT2D eigenvalue weighted by molar-refractivity contribution is 5.78. The van der Waals surface area contributed by atoms with Gasteiger partial charge in [0.1, 0.15) is 25.2 Å². The number of nitrogens with zero attached hydrogens (tertiary/aromatic N) is 4. The maximum Gasteiger partial charge on any atom is 0.258 e. The van der Waals surface area contributed by atoms with Gasteiger partial charge in [-0.25, -0.2) is 15.0 Å². The molecule has 0 aliphatic rings. The third kappa shape index (κ3) is 5.40. The van der Waals surface area contributed by atoms with Crippen LogP contribution in [0.15, 0.2) is 21.1 Å². The number of hydrogen-bond donors (Lipinski definition) is 0. The molecule has 0 unspecified atom stereocenters. The summed E-state index contributed by atoms with van der Waals surface area (Å²) in [4.78, 5) is 36.1. The van der Waals surface area contributed by atoms with E-state index in [0.717, 1.165) is 12.7 Å². The monoisotopic (exact) mass is 334 g/mol. The first kappa shape index (κ1) is 19.7. The number of hydrogen-bond acceptors (Lipinski definition) is 6. The van der Waals surface area contributed by atoms with Crippen LogP contribution in [0.25, 0.3) is 0 Å². The number of aldehydes is 1. The molecule has 0 radical (unpaired) electrons. The fourth-order valence-corrected chi connectivity index (χ4v) is 1.84. The van der Waals surface area contributed by atoms with Gasteiger partial charge in [-0.05, 0) is 25.7 Å². The van der Waals surface area contributed by atoms with E-state index in [-0.39, 0.29) is 12.1 Å². The van der Waals surface area contributed by atoms with E-state index in [1.807, 2.05) is 6.92 Å². The summed E-state index contributed by atoms with van der Waals surface area (Å²) in [6.45, 7) is 7.81. The van der Waals surface area contributed by atoms with Crippen molar-refractivity contribution < 1.29 is 9.53 Å². The molecule has 0 saturated carbocycles. The molecule has 7 nitrogen and oxygen atoms in total. The second-order valence-electron chi connectivity index (χ2n) is 5.63. The third-order valence-electron chi connectivity index (χ3n) is 3.76. The minimum atomic E-state index is -0.468. The predicted molar refractivity (Wildman–Crippen MR) is 95.4 cm³/mol. The first-order valence-electron chi connectivity index (χ1n) is 8.12. The predicted octanol–water partition coefficient (Wildman–Crippen LogP) is 2.32. The van der Waals surface area contributed by atoms with E-state index in [1.54, 1.807) is 13.1 Å².